The highest BCUT2D eigenvalue weighted by Gasteiger charge is 2.13. The minimum absolute atomic E-state index is 0.217. The van der Waals surface area contributed by atoms with Crippen molar-refractivity contribution < 1.29 is 24.2 Å². The molecule has 0 aliphatic rings. The molecule has 0 aliphatic heterocycles. The number of nitrogens with one attached hydrogen (secondary N) is 1. The van der Waals surface area contributed by atoms with Crippen molar-refractivity contribution in [2.45, 2.75) is 13.5 Å². The molecule has 2 aromatic rings. The fourth-order valence-electron chi connectivity index (χ4n) is 2.24. The first-order valence-corrected chi connectivity index (χ1v) is 8.92. The number of carboxylic acid groups (broad SMARTS) is 1. The van der Waals surface area contributed by atoms with Gasteiger partial charge in [0.2, 0.25) is 0 Å². The van der Waals surface area contributed by atoms with Gasteiger partial charge in [-0.2, -0.15) is 0 Å². The van der Waals surface area contributed by atoms with Crippen LogP contribution in [0.5, 0.6) is 11.5 Å². The number of aromatic carboxylic acids is 1. The fourth-order valence-corrected chi connectivity index (χ4v) is 3.06. The lowest BCUT2D eigenvalue weighted by Crippen LogP contribution is -2.20. The van der Waals surface area contributed by atoms with E-state index in [4.69, 9.17) is 20.3 Å². The highest BCUT2D eigenvalue weighted by atomic mass is 127. The number of carbonyl (C=O) groups is 2. The molecule has 0 bridgehead atoms. The van der Waals surface area contributed by atoms with Gasteiger partial charge in [0, 0.05) is 12.2 Å². The van der Waals surface area contributed by atoms with Crippen molar-refractivity contribution in [2.24, 2.45) is 5.73 Å². The second-order valence-corrected chi connectivity index (χ2v) is 6.49. The van der Waals surface area contributed by atoms with Gasteiger partial charge in [-0.15, -0.1) is 0 Å². The van der Waals surface area contributed by atoms with Gasteiger partial charge in [0.15, 0.2) is 18.1 Å². The van der Waals surface area contributed by atoms with Crippen LogP contribution < -0.4 is 20.5 Å². The maximum Gasteiger partial charge on any atom is 0.335 e. The van der Waals surface area contributed by atoms with Gasteiger partial charge in [-0.1, -0.05) is 6.07 Å². The van der Waals surface area contributed by atoms with Crippen LogP contribution >= 0.6 is 22.6 Å². The molecule has 0 unspecified atom stereocenters. The number of rotatable bonds is 9. The van der Waals surface area contributed by atoms with Crippen LogP contribution in [-0.4, -0.2) is 30.2 Å². The van der Waals surface area contributed by atoms with Gasteiger partial charge in [-0.3, -0.25) is 4.79 Å². The number of carboxylic acids is 1. The lowest BCUT2D eigenvalue weighted by atomic mass is 10.1. The Morgan fingerprint density at radius 1 is 1.23 bits per heavy atom. The van der Waals surface area contributed by atoms with Crippen LogP contribution in [0, 0.1) is 3.57 Å². The Morgan fingerprint density at radius 3 is 2.65 bits per heavy atom. The van der Waals surface area contributed by atoms with E-state index in [2.05, 4.69) is 27.9 Å². The Hall–Kier alpha value is -2.49. The summed E-state index contributed by atoms with van der Waals surface area (Å²) >= 11 is 2.10. The largest absolute Gasteiger partial charge is 0.490 e. The molecule has 0 heterocycles. The lowest BCUT2D eigenvalue weighted by molar-refractivity contribution is -0.120. The Kier molecular flexibility index (Phi) is 7.07. The van der Waals surface area contributed by atoms with Crippen LogP contribution in [0.1, 0.15) is 22.8 Å². The first-order valence-electron chi connectivity index (χ1n) is 7.84. The molecule has 138 valence electrons. The van der Waals surface area contributed by atoms with Crippen molar-refractivity contribution >= 4 is 40.2 Å². The number of hydrogen-bond donors (Lipinski definition) is 3. The fraction of sp³-hybridized carbons (Fsp3) is 0.222. The third kappa shape index (κ3) is 5.51. The number of hydrogen-bond acceptors (Lipinski definition) is 5. The Labute approximate surface area is 164 Å². The van der Waals surface area contributed by atoms with E-state index in [-0.39, 0.29) is 12.2 Å². The average Bonchev–Trinajstić information content (AvgIpc) is 2.59. The molecular formula is C18H19IN2O5. The van der Waals surface area contributed by atoms with Gasteiger partial charge in [-0.05, 0) is 65.4 Å². The first kappa shape index (κ1) is 19.8. The second kappa shape index (κ2) is 9.27. The number of benzene rings is 2. The van der Waals surface area contributed by atoms with E-state index < -0.39 is 11.9 Å². The molecule has 2 rings (SSSR count). The summed E-state index contributed by atoms with van der Waals surface area (Å²) in [6.07, 6.45) is 0. The number of primary amides is 1. The average molecular weight is 470 g/mol. The van der Waals surface area contributed by atoms with Crippen LogP contribution in [0.25, 0.3) is 0 Å². The van der Waals surface area contributed by atoms with E-state index in [1.165, 1.54) is 6.07 Å². The van der Waals surface area contributed by atoms with Gasteiger partial charge in [-0.25, -0.2) is 4.79 Å². The van der Waals surface area contributed by atoms with E-state index >= 15 is 0 Å². The van der Waals surface area contributed by atoms with Crippen molar-refractivity contribution in [1.82, 2.24) is 0 Å². The minimum Gasteiger partial charge on any atom is -0.490 e. The van der Waals surface area contributed by atoms with E-state index in [9.17, 15) is 9.59 Å². The zero-order valence-corrected chi connectivity index (χ0v) is 16.3. The summed E-state index contributed by atoms with van der Waals surface area (Å²) in [4.78, 5) is 22.0. The van der Waals surface area contributed by atoms with Gasteiger partial charge in [0.25, 0.3) is 5.91 Å². The minimum atomic E-state index is -0.974. The maximum atomic E-state index is 11.0. The standard InChI is InChI=1S/C18H19IN2O5/c1-2-25-15-7-11(6-14(19)17(15)26-10-16(20)22)9-21-13-5-3-4-12(8-13)18(23)24/h3-8,21H,2,9-10H2,1H3,(H2,20,22)(H,23,24). The highest BCUT2D eigenvalue weighted by Crippen LogP contribution is 2.34. The van der Waals surface area contributed by atoms with Crippen LogP contribution in [0.2, 0.25) is 0 Å². The predicted octanol–water partition coefficient (Wildman–Crippen LogP) is 2.86. The van der Waals surface area contributed by atoms with Crippen molar-refractivity contribution in [3.8, 4) is 11.5 Å². The van der Waals surface area contributed by atoms with E-state index in [0.29, 0.717) is 30.3 Å². The van der Waals surface area contributed by atoms with Crippen molar-refractivity contribution in [1.29, 1.82) is 0 Å². The molecule has 2 aromatic carbocycles. The third-order valence-corrected chi connectivity index (χ3v) is 4.14. The molecule has 0 aliphatic carbocycles. The van der Waals surface area contributed by atoms with Gasteiger partial charge in [0.1, 0.15) is 0 Å². The van der Waals surface area contributed by atoms with Crippen LogP contribution in [-0.2, 0) is 11.3 Å². The van der Waals surface area contributed by atoms with Crippen LogP contribution in [0.3, 0.4) is 0 Å². The molecule has 4 N–H and O–H groups in total. The molecule has 0 radical (unpaired) electrons. The van der Waals surface area contributed by atoms with Crippen molar-refractivity contribution in [2.75, 3.05) is 18.5 Å². The molecule has 1 amide bonds. The summed E-state index contributed by atoms with van der Waals surface area (Å²) in [5.41, 5.74) is 6.97. The smallest absolute Gasteiger partial charge is 0.335 e. The number of anilines is 1. The summed E-state index contributed by atoms with van der Waals surface area (Å²) in [6.45, 7) is 2.54. The Balaban J connectivity index is 2.17. The van der Waals surface area contributed by atoms with Crippen molar-refractivity contribution in [3.05, 3.63) is 51.1 Å². The van der Waals surface area contributed by atoms with Crippen molar-refractivity contribution in [3.63, 3.8) is 0 Å². The van der Waals surface area contributed by atoms with Crippen LogP contribution in [0.15, 0.2) is 36.4 Å². The molecule has 7 nitrogen and oxygen atoms in total. The predicted molar refractivity (Wildman–Crippen MR) is 106 cm³/mol. The molecule has 26 heavy (non-hydrogen) atoms. The third-order valence-electron chi connectivity index (χ3n) is 3.33. The van der Waals surface area contributed by atoms with E-state index in [1.807, 2.05) is 19.1 Å². The SMILES string of the molecule is CCOc1cc(CNc2cccc(C(=O)O)c2)cc(I)c1OCC(N)=O. The molecule has 0 atom stereocenters. The molecule has 0 saturated carbocycles. The summed E-state index contributed by atoms with van der Waals surface area (Å²) in [7, 11) is 0. The van der Waals surface area contributed by atoms with Gasteiger partial charge in [0.05, 0.1) is 15.7 Å². The number of nitrogens with two attached hydrogens (primary N) is 1. The summed E-state index contributed by atoms with van der Waals surface area (Å²) < 4.78 is 11.8. The van der Waals surface area contributed by atoms with Gasteiger partial charge >= 0.3 is 5.97 Å². The number of amides is 1. The monoisotopic (exact) mass is 470 g/mol. The normalized spacial score (nSPS) is 10.2. The molecular weight excluding hydrogens is 451 g/mol. The molecule has 0 fully saturated rings. The lowest BCUT2D eigenvalue weighted by Gasteiger charge is -2.15. The summed E-state index contributed by atoms with van der Waals surface area (Å²) in [6, 6.07) is 10.3. The Morgan fingerprint density at radius 2 is 2.00 bits per heavy atom. The quantitative estimate of drug-likeness (QED) is 0.487. The molecule has 0 aromatic heterocycles. The van der Waals surface area contributed by atoms with Gasteiger partial charge < -0.3 is 25.6 Å². The second-order valence-electron chi connectivity index (χ2n) is 5.33. The topological polar surface area (TPSA) is 111 Å². The number of ether oxygens (including phenoxy) is 2. The van der Waals surface area contributed by atoms with Crippen LogP contribution in [0.4, 0.5) is 5.69 Å². The molecule has 0 spiro atoms. The number of halogens is 1. The Bertz CT molecular complexity index is 810. The summed E-state index contributed by atoms with van der Waals surface area (Å²) in [5, 5.41) is 12.2. The first-order chi connectivity index (χ1) is 12.4. The zero-order chi connectivity index (χ0) is 19.1. The highest BCUT2D eigenvalue weighted by molar-refractivity contribution is 14.1. The van der Waals surface area contributed by atoms with E-state index in [1.54, 1.807) is 18.2 Å². The maximum absolute atomic E-state index is 11.0. The van der Waals surface area contributed by atoms with E-state index in [0.717, 1.165) is 9.13 Å². The number of carbonyl (C=O) groups excluding carboxylic acids is 1. The summed E-state index contributed by atoms with van der Waals surface area (Å²) in [5.74, 6) is -0.537. The molecule has 0 saturated heterocycles. The molecule has 8 heteroatoms. The zero-order valence-electron chi connectivity index (χ0n) is 14.1.